The van der Waals surface area contributed by atoms with Gasteiger partial charge >= 0.3 is 0 Å². The van der Waals surface area contributed by atoms with E-state index in [9.17, 15) is 0 Å². The SMILES string of the molecule is Cc1cc(C)nc(Sc2ccc(CNC(C)(C)C)cn2)n1. The van der Waals surface area contributed by atoms with Crippen LogP contribution in [0.4, 0.5) is 0 Å². The van der Waals surface area contributed by atoms with E-state index in [1.54, 1.807) is 0 Å². The van der Waals surface area contributed by atoms with Crippen molar-refractivity contribution in [3.8, 4) is 0 Å². The molecular weight excluding hydrogens is 280 g/mol. The molecule has 2 aromatic heterocycles. The second-order valence-electron chi connectivity index (χ2n) is 6.14. The van der Waals surface area contributed by atoms with Gasteiger partial charge in [0.1, 0.15) is 5.03 Å². The van der Waals surface area contributed by atoms with E-state index in [1.807, 2.05) is 32.2 Å². The van der Waals surface area contributed by atoms with Crippen molar-refractivity contribution in [3.63, 3.8) is 0 Å². The van der Waals surface area contributed by atoms with Crippen LogP contribution in [0.2, 0.25) is 0 Å². The standard InChI is InChI=1S/C16H22N4S/c1-11-8-12(2)20-15(19-11)21-14-7-6-13(9-17-14)10-18-16(3,4)5/h6-9,18H,10H2,1-5H3. The summed E-state index contributed by atoms with van der Waals surface area (Å²) in [5.41, 5.74) is 3.25. The van der Waals surface area contributed by atoms with Gasteiger partial charge in [0.05, 0.1) is 0 Å². The van der Waals surface area contributed by atoms with Crippen LogP contribution in [0.5, 0.6) is 0 Å². The normalized spacial score (nSPS) is 11.7. The number of pyridine rings is 1. The summed E-state index contributed by atoms with van der Waals surface area (Å²) in [6, 6.07) is 6.08. The van der Waals surface area contributed by atoms with Gasteiger partial charge in [-0.1, -0.05) is 6.07 Å². The molecule has 0 unspecified atom stereocenters. The largest absolute Gasteiger partial charge is 0.308 e. The number of aryl methyl sites for hydroxylation is 2. The zero-order chi connectivity index (χ0) is 15.5. The first-order valence-corrected chi connectivity index (χ1v) is 7.83. The Labute approximate surface area is 130 Å². The summed E-state index contributed by atoms with van der Waals surface area (Å²) >= 11 is 1.49. The highest BCUT2D eigenvalue weighted by Crippen LogP contribution is 2.23. The molecule has 0 spiro atoms. The molecule has 0 radical (unpaired) electrons. The first-order valence-electron chi connectivity index (χ1n) is 7.02. The molecule has 0 bridgehead atoms. The summed E-state index contributed by atoms with van der Waals surface area (Å²) in [6.07, 6.45) is 1.91. The quantitative estimate of drug-likeness (QED) is 0.876. The van der Waals surface area contributed by atoms with Gasteiger partial charge < -0.3 is 5.32 Å². The summed E-state index contributed by atoms with van der Waals surface area (Å²) in [4.78, 5) is 13.3. The van der Waals surface area contributed by atoms with Crippen LogP contribution >= 0.6 is 11.8 Å². The molecule has 0 aliphatic heterocycles. The molecule has 2 heterocycles. The Hall–Kier alpha value is -1.46. The predicted molar refractivity (Wildman–Crippen MR) is 86.5 cm³/mol. The zero-order valence-corrected chi connectivity index (χ0v) is 14.1. The topological polar surface area (TPSA) is 50.7 Å². The van der Waals surface area contributed by atoms with E-state index in [1.165, 1.54) is 17.3 Å². The fraction of sp³-hybridized carbons (Fsp3) is 0.438. The number of nitrogens with zero attached hydrogens (tertiary/aromatic N) is 3. The maximum Gasteiger partial charge on any atom is 0.194 e. The van der Waals surface area contributed by atoms with Crippen molar-refractivity contribution in [3.05, 3.63) is 41.3 Å². The first kappa shape index (κ1) is 15.9. The van der Waals surface area contributed by atoms with Gasteiger partial charge in [0.25, 0.3) is 0 Å². The molecule has 0 amide bonds. The van der Waals surface area contributed by atoms with Crippen LogP contribution in [0.3, 0.4) is 0 Å². The van der Waals surface area contributed by atoms with Crippen LogP contribution in [0, 0.1) is 13.8 Å². The van der Waals surface area contributed by atoms with Crippen molar-refractivity contribution in [1.29, 1.82) is 0 Å². The second-order valence-corrected chi connectivity index (χ2v) is 7.13. The van der Waals surface area contributed by atoms with E-state index in [0.717, 1.165) is 28.1 Å². The van der Waals surface area contributed by atoms with Crippen LogP contribution in [0.15, 0.2) is 34.6 Å². The molecule has 0 saturated heterocycles. The second kappa shape index (κ2) is 6.54. The molecule has 0 saturated carbocycles. The maximum absolute atomic E-state index is 4.48. The maximum atomic E-state index is 4.48. The molecule has 5 heteroatoms. The van der Waals surface area contributed by atoms with Crippen molar-refractivity contribution in [1.82, 2.24) is 20.3 Å². The number of hydrogen-bond donors (Lipinski definition) is 1. The van der Waals surface area contributed by atoms with E-state index in [0.29, 0.717) is 0 Å². The number of nitrogens with one attached hydrogen (secondary N) is 1. The summed E-state index contributed by atoms with van der Waals surface area (Å²) in [5.74, 6) is 0. The van der Waals surface area contributed by atoms with Gasteiger partial charge in [0.15, 0.2) is 5.16 Å². The molecule has 0 aliphatic rings. The molecular formula is C16H22N4S. The summed E-state index contributed by atoms with van der Waals surface area (Å²) < 4.78 is 0. The zero-order valence-electron chi connectivity index (χ0n) is 13.3. The highest BCUT2D eigenvalue weighted by atomic mass is 32.2. The van der Waals surface area contributed by atoms with Crippen LogP contribution in [-0.4, -0.2) is 20.5 Å². The highest BCUT2D eigenvalue weighted by Gasteiger charge is 2.09. The molecule has 4 nitrogen and oxygen atoms in total. The first-order chi connectivity index (χ1) is 9.82. The lowest BCUT2D eigenvalue weighted by Crippen LogP contribution is -2.35. The van der Waals surface area contributed by atoms with Crippen molar-refractivity contribution >= 4 is 11.8 Å². The van der Waals surface area contributed by atoms with Crippen LogP contribution in [0.1, 0.15) is 37.7 Å². The third-order valence-corrected chi connectivity index (χ3v) is 3.59. The van der Waals surface area contributed by atoms with Crippen LogP contribution in [-0.2, 0) is 6.54 Å². The Kier molecular flexibility index (Phi) is 4.96. The fourth-order valence-corrected chi connectivity index (χ4v) is 2.58. The average Bonchev–Trinajstić information content (AvgIpc) is 2.36. The van der Waals surface area contributed by atoms with Gasteiger partial charge in [0.2, 0.25) is 0 Å². The van der Waals surface area contributed by atoms with Crippen LogP contribution in [0.25, 0.3) is 0 Å². The summed E-state index contributed by atoms with van der Waals surface area (Å²) in [6.45, 7) is 11.2. The molecule has 0 aromatic carbocycles. The van der Waals surface area contributed by atoms with E-state index in [4.69, 9.17) is 0 Å². The summed E-state index contributed by atoms with van der Waals surface area (Å²) in [7, 11) is 0. The Morgan fingerprint density at radius 2 is 1.76 bits per heavy atom. The van der Waals surface area contributed by atoms with E-state index in [-0.39, 0.29) is 5.54 Å². The van der Waals surface area contributed by atoms with Crippen LogP contribution < -0.4 is 5.32 Å². The van der Waals surface area contributed by atoms with Crippen molar-refractivity contribution in [2.24, 2.45) is 0 Å². The minimum atomic E-state index is 0.111. The molecule has 2 aromatic rings. The monoisotopic (exact) mass is 302 g/mol. The predicted octanol–water partition coefficient (Wildman–Crippen LogP) is 3.53. The minimum absolute atomic E-state index is 0.111. The Balaban J connectivity index is 2.02. The van der Waals surface area contributed by atoms with Crippen molar-refractivity contribution in [2.75, 3.05) is 0 Å². The van der Waals surface area contributed by atoms with Gasteiger partial charge in [-0.05, 0) is 64.1 Å². The van der Waals surface area contributed by atoms with Crippen molar-refractivity contribution in [2.45, 2.75) is 56.9 Å². The number of hydrogen-bond acceptors (Lipinski definition) is 5. The third kappa shape index (κ3) is 5.44. The molecule has 2 rings (SSSR count). The Morgan fingerprint density at radius 3 is 2.29 bits per heavy atom. The molecule has 1 N–H and O–H groups in total. The lowest BCUT2D eigenvalue weighted by molar-refractivity contribution is 0.424. The highest BCUT2D eigenvalue weighted by molar-refractivity contribution is 7.99. The molecule has 0 aliphatic carbocycles. The molecule has 0 atom stereocenters. The molecule has 0 fully saturated rings. The summed E-state index contributed by atoms with van der Waals surface area (Å²) in [5, 5.41) is 5.12. The lowest BCUT2D eigenvalue weighted by atomic mass is 10.1. The van der Waals surface area contributed by atoms with Gasteiger partial charge in [-0.2, -0.15) is 0 Å². The average molecular weight is 302 g/mol. The fourth-order valence-electron chi connectivity index (χ4n) is 1.78. The van der Waals surface area contributed by atoms with Gasteiger partial charge in [-0.25, -0.2) is 15.0 Å². The van der Waals surface area contributed by atoms with Gasteiger partial charge in [-0.15, -0.1) is 0 Å². The van der Waals surface area contributed by atoms with E-state index < -0.39 is 0 Å². The number of rotatable bonds is 4. The van der Waals surface area contributed by atoms with E-state index >= 15 is 0 Å². The molecule has 21 heavy (non-hydrogen) atoms. The Bertz CT molecular complexity index is 582. The van der Waals surface area contributed by atoms with Crippen molar-refractivity contribution < 1.29 is 0 Å². The number of aromatic nitrogens is 3. The van der Waals surface area contributed by atoms with E-state index in [2.05, 4.69) is 47.1 Å². The third-order valence-electron chi connectivity index (χ3n) is 2.78. The minimum Gasteiger partial charge on any atom is -0.308 e. The van der Waals surface area contributed by atoms with Gasteiger partial charge in [0, 0.05) is 29.7 Å². The molecule has 112 valence electrons. The Morgan fingerprint density at radius 1 is 1.10 bits per heavy atom. The smallest absolute Gasteiger partial charge is 0.194 e. The lowest BCUT2D eigenvalue weighted by Gasteiger charge is -2.20. The van der Waals surface area contributed by atoms with Gasteiger partial charge in [-0.3, -0.25) is 0 Å².